The number of hydrazone groups is 1. The van der Waals surface area contributed by atoms with Crippen molar-refractivity contribution in [2.75, 3.05) is 24.6 Å². The number of carbonyl (C=O) groups is 1. The number of aryl methyl sites for hydroxylation is 1. The van der Waals surface area contributed by atoms with Crippen LogP contribution in [0.4, 0.5) is 5.95 Å². The molecule has 0 atom stereocenters. The lowest BCUT2D eigenvalue weighted by Gasteiger charge is -2.19. The molecule has 0 aliphatic rings. The Morgan fingerprint density at radius 1 is 1.27 bits per heavy atom. The maximum Gasteiger partial charge on any atom is 0.278 e. The summed E-state index contributed by atoms with van der Waals surface area (Å²) >= 11 is 3.36. The molecule has 0 unspecified atom stereocenters. The van der Waals surface area contributed by atoms with Gasteiger partial charge in [-0.25, -0.2) is 10.4 Å². The minimum absolute atomic E-state index is 0.175. The van der Waals surface area contributed by atoms with Gasteiger partial charge in [0.1, 0.15) is 0 Å². The van der Waals surface area contributed by atoms with Gasteiger partial charge in [0, 0.05) is 29.3 Å². The molecule has 0 fully saturated rings. The van der Waals surface area contributed by atoms with Gasteiger partial charge >= 0.3 is 0 Å². The number of amides is 1. The van der Waals surface area contributed by atoms with Gasteiger partial charge in [-0.1, -0.05) is 28.1 Å². The average Bonchev–Trinajstić information content (AvgIpc) is 2.62. The number of halogens is 1. The van der Waals surface area contributed by atoms with Gasteiger partial charge in [0.05, 0.1) is 6.21 Å². The lowest BCUT2D eigenvalue weighted by atomic mass is 10.2. The molecule has 7 nitrogen and oxygen atoms in total. The molecule has 1 aromatic carbocycles. The molecule has 0 radical (unpaired) electrons. The van der Waals surface area contributed by atoms with Crippen LogP contribution in [0, 0.1) is 6.92 Å². The minimum Gasteiger partial charge on any atom is -0.467 e. The molecule has 0 saturated heterocycles. The minimum atomic E-state index is -0.362. The van der Waals surface area contributed by atoms with Crippen LogP contribution in [0.25, 0.3) is 0 Å². The van der Waals surface area contributed by atoms with Gasteiger partial charge < -0.3 is 9.64 Å². The SMILES string of the molecule is CCN(CC)c1nc(C)cc(OCC(=O)NN=Cc2ccc(Br)cc2)n1. The van der Waals surface area contributed by atoms with Gasteiger partial charge in [-0.2, -0.15) is 10.1 Å². The Bertz CT molecular complexity index is 761. The fourth-order valence-electron chi connectivity index (χ4n) is 2.15. The van der Waals surface area contributed by atoms with Gasteiger partial charge in [0.15, 0.2) is 6.61 Å². The number of hydrogen-bond acceptors (Lipinski definition) is 6. The number of benzene rings is 1. The van der Waals surface area contributed by atoms with Gasteiger partial charge in [0.25, 0.3) is 5.91 Å². The van der Waals surface area contributed by atoms with E-state index < -0.39 is 0 Å². The largest absolute Gasteiger partial charge is 0.467 e. The molecule has 1 N–H and O–H groups in total. The molecule has 0 saturated carbocycles. The first-order valence-electron chi connectivity index (χ1n) is 8.32. The third kappa shape index (κ3) is 6.11. The van der Waals surface area contributed by atoms with E-state index in [0.717, 1.165) is 28.8 Å². The van der Waals surface area contributed by atoms with E-state index in [0.29, 0.717) is 11.8 Å². The number of carbonyl (C=O) groups excluding carboxylic acids is 1. The van der Waals surface area contributed by atoms with Gasteiger partial charge in [-0.15, -0.1) is 0 Å². The fraction of sp³-hybridized carbons (Fsp3) is 0.333. The number of nitrogens with zero attached hydrogens (tertiary/aromatic N) is 4. The Kier molecular flexibility index (Phi) is 7.53. The zero-order valence-corrected chi connectivity index (χ0v) is 16.7. The summed E-state index contributed by atoms with van der Waals surface area (Å²) in [4.78, 5) is 22.6. The number of aromatic nitrogens is 2. The molecule has 2 aromatic rings. The van der Waals surface area contributed by atoms with Crippen LogP contribution in [0.1, 0.15) is 25.1 Å². The van der Waals surface area contributed by atoms with Crippen molar-refractivity contribution in [3.63, 3.8) is 0 Å². The molecule has 0 aliphatic carbocycles. The van der Waals surface area contributed by atoms with E-state index in [4.69, 9.17) is 4.74 Å². The van der Waals surface area contributed by atoms with Crippen molar-refractivity contribution in [1.82, 2.24) is 15.4 Å². The Hall–Kier alpha value is -2.48. The molecule has 1 heterocycles. The Balaban J connectivity index is 1.89. The summed E-state index contributed by atoms with van der Waals surface area (Å²) in [6.45, 7) is 7.35. The maximum atomic E-state index is 11.9. The second-order valence-corrected chi connectivity index (χ2v) is 6.37. The van der Waals surface area contributed by atoms with Crippen LogP contribution >= 0.6 is 15.9 Å². The summed E-state index contributed by atoms with van der Waals surface area (Å²) < 4.78 is 6.46. The molecule has 2 rings (SSSR count). The smallest absolute Gasteiger partial charge is 0.278 e. The number of ether oxygens (including phenoxy) is 1. The van der Waals surface area contributed by atoms with Crippen molar-refractivity contribution in [3.8, 4) is 5.88 Å². The van der Waals surface area contributed by atoms with Crippen LogP contribution < -0.4 is 15.1 Å². The van der Waals surface area contributed by atoms with E-state index in [2.05, 4.69) is 36.4 Å². The van der Waals surface area contributed by atoms with Crippen LogP contribution in [0.5, 0.6) is 5.88 Å². The summed E-state index contributed by atoms with van der Waals surface area (Å²) in [6.07, 6.45) is 1.57. The molecule has 0 bridgehead atoms. The van der Waals surface area contributed by atoms with E-state index in [1.807, 2.05) is 49.9 Å². The van der Waals surface area contributed by atoms with E-state index >= 15 is 0 Å². The first-order valence-corrected chi connectivity index (χ1v) is 9.12. The molecule has 26 heavy (non-hydrogen) atoms. The van der Waals surface area contributed by atoms with Crippen molar-refractivity contribution in [1.29, 1.82) is 0 Å². The summed E-state index contributed by atoms with van der Waals surface area (Å²) in [5.74, 6) is 0.601. The van der Waals surface area contributed by atoms with E-state index in [1.165, 1.54) is 0 Å². The highest BCUT2D eigenvalue weighted by Crippen LogP contribution is 2.15. The van der Waals surface area contributed by atoms with Crippen LogP contribution in [-0.4, -0.2) is 41.8 Å². The first kappa shape index (κ1) is 19.8. The van der Waals surface area contributed by atoms with Crippen molar-refractivity contribution < 1.29 is 9.53 Å². The lowest BCUT2D eigenvalue weighted by Crippen LogP contribution is -2.26. The average molecular weight is 420 g/mol. The van der Waals surface area contributed by atoms with Crippen molar-refractivity contribution in [2.24, 2.45) is 5.10 Å². The predicted octanol–water partition coefficient (Wildman–Crippen LogP) is 2.92. The second-order valence-electron chi connectivity index (χ2n) is 5.45. The fourth-order valence-corrected chi connectivity index (χ4v) is 2.41. The highest BCUT2D eigenvalue weighted by molar-refractivity contribution is 9.10. The molecule has 0 aliphatic heterocycles. The number of hydrogen-bond donors (Lipinski definition) is 1. The monoisotopic (exact) mass is 419 g/mol. The third-order valence-corrected chi connectivity index (χ3v) is 4.02. The zero-order valence-electron chi connectivity index (χ0n) is 15.1. The molecular weight excluding hydrogens is 398 g/mol. The van der Waals surface area contributed by atoms with Gasteiger partial charge in [-0.3, -0.25) is 4.79 Å². The summed E-state index contributed by atoms with van der Waals surface area (Å²) in [5.41, 5.74) is 4.09. The molecule has 0 spiro atoms. The predicted molar refractivity (Wildman–Crippen MR) is 106 cm³/mol. The maximum absolute atomic E-state index is 11.9. The van der Waals surface area contributed by atoms with E-state index in [9.17, 15) is 4.79 Å². The summed E-state index contributed by atoms with van der Waals surface area (Å²) in [5, 5.41) is 3.91. The van der Waals surface area contributed by atoms with Crippen LogP contribution in [-0.2, 0) is 4.79 Å². The Morgan fingerprint density at radius 2 is 1.96 bits per heavy atom. The molecule has 1 aromatic heterocycles. The normalized spacial score (nSPS) is 10.8. The highest BCUT2D eigenvalue weighted by Gasteiger charge is 2.10. The Labute approximate surface area is 161 Å². The van der Waals surface area contributed by atoms with Crippen LogP contribution in [0.3, 0.4) is 0 Å². The Morgan fingerprint density at radius 3 is 2.62 bits per heavy atom. The standard InChI is InChI=1S/C18H22BrN5O2/c1-4-24(5-2)18-21-13(3)10-17(22-18)26-12-16(25)23-20-11-14-6-8-15(19)9-7-14/h6-11H,4-5,12H2,1-3H3,(H,23,25). The molecular formula is C18H22BrN5O2. The van der Waals surface area contributed by atoms with Crippen molar-refractivity contribution in [3.05, 3.63) is 46.1 Å². The number of nitrogens with one attached hydrogen (secondary N) is 1. The molecule has 8 heteroatoms. The van der Waals surface area contributed by atoms with Crippen LogP contribution in [0.2, 0.25) is 0 Å². The first-order chi connectivity index (χ1) is 12.5. The zero-order chi connectivity index (χ0) is 18.9. The second kappa shape index (κ2) is 9.86. The number of anilines is 1. The quantitative estimate of drug-likeness (QED) is 0.525. The highest BCUT2D eigenvalue weighted by atomic mass is 79.9. The molecule has 138 valence electrons. The lowest BCUT2D eigenvalue weighted by molar-refractivity contribution is -0.123. The van der Waals surface area contributed by atoms with Crippen molar-refractivity contribution >= 4 is 34.0 Å². The molecule has 1 amide bonds. The van der Waals surface area contributed by atoms with Gasteiger partial charge in [0.2, 0.25) is 11.8 Å². The van der Waals surface area contributed by atoms with Crippen molar-refractivity contribution in [2.45, 2.75) is 20.8 Å². The van der Waals surface area contributed by atoms with Crippen LogP contribution in [0.15, 0.2) is 39.9 Å². The number of rotatable bonds is 8. The van der Waals surface area contributed by atoms with Gasteiger partial charge in [-0.05, 0) is 38.5 Å². The summed E-state index contributed by atoms with van der Waals surface area (Å²) in [6, 6.07) is 9.27. The summed E-state index contributed by atoms with van der Waals surface area (Å²) in [7, 11) is 0. The third-order valence-electron chi connectivity index (χ3n) is 3.49. The van der Waals surface area contributed by atoms with E-state index in [1.54, 1.807) is 12.3 Å². The van der Waals surface area contributed by atoms with E-state index in [-0.39, 0.29) is 12.5 Å². The topological polar surface area (TPSA) is 79.7 Å².